The van der Waals surface area contributed by atoms with Crippen LogP contribution in [-0.2, 0) is 16.0 Å². The number of imide groups is 1. The van der Waals surface area contributed by atoms with Gasteiger partial charge in [-0.3, -0.25) is 24.1 Å². The summed E-state index contributed by atoms with van der Waals surface area (Å²) in [5.74, 6) is 0.275. The molecule has 2 aliphatic rings. The zero-order valence-electron chi connectivity index (χ0n) is 22.4. The van der Waals surface area contributed by atoms with Gasteiger partial charge in [-0.15, -0.1) is 0 Å². The molecule has 3 aromatic rings. The number of rotatable bonds is 11. The second-order valence-corrected chi connectivity index (χ2v) is 9.68. The van der Waals surface area contributed by atoms with Gasteiger partial charge in [-0.05, 0) is 67.3 Å². The van der Waals surface area contributed by atoms with Gasteiger partial charge in [0.05, 0.1) is 23.4 Å². The number of benzene rings is 3. The first-order valence-electron chi connectivity index (χ1n) is 13.5. The predicted molar refractivity (Wildman–Crippen MR) is 150 cm³/mol. The Morgan fingerprint density at radius 2 is 1.60 bits per heavy atom. The Hall–Kier alpha value is -4.66. The summed E-state index contributed by atoms with van der Waals surface area (Å²) < 4.78 is 11.4. The molecule has 0 aromatic heterocycles. The quantitative estimate of drug-likeness (QED) is 0.284. The van der Waals surface area contributed by atoms with E-state index in [-0.39, 0.29) is 43.2 Å². The van der Waals surface area contributed by atoms with E-state index >= 15 is 0 Å². The Labute approximate surface area is 232 Å². The molecule has 4 amide bonds. The van der Waals surface area contributed by atoms with Gasteiger partial charge in [-0.2, -0.15) is 0 Å². The number of hydrogen-bond donors (Lipinski definition) is 1. The highest BCUT2D eigenvalue weighted by molar-refractivity contribution is 6.21. The third kappa shape index (κ3) is 5.83. The van der Waals surface area contributed by atoms with Crippen molar-refractivity contribution in [2.75, 3.05) is 36.5 Å². The molecule has 0 bridgehead atoms. The molecule has 5 rings (SSSR count). The monoisotopic (exact) mass is 541 g/mol. The lowest BCUT2D eigenvalue weighted by Gasteiger charge is -2.30. The van der Waals surface area contributed by atoms with Gasteiger partial charge in [0.25, 0.3) is 17.7 Å². The third-order valence-electron chi connectivity index (χ3n) is 6.98. The molecule has 0 unspecified atom stereocenters. The molecule has 40 heavy (non-hydrogen) atoms. The lowest BCUT2D eigenvalue weighted by molar-refractivity contribution is -0.121. The summed E-state index contributed by atoms with van der Waals surface area (Å²) in [4.78, 5) is 53.1. The van der Waals surface area contributed by atoms with Gasteiger partial charge in [0, 0.05) is 25.2 Å². The van der Waals surface area contributed by atoms with E-state index in [1.165, 1.54) is 10.5 Å². The maximum atomic E-state index is 12.6. The summed E-state index contributed by atoms with van der Waals surface area (Å²) in [5.41, 5.74) is 3.15. The van der Waals surface area contributed by atoms with Crippen molar-refractivity contribution < 1.29 is 28.7 Å². The van der Waals surface area contributed by atoms with Crippen LogP contribution >= 0.6 is 0 Å². The first-order chi connectivity index (χ1) is 19.4. The molecule has 9 heteroatoms. The Bertz CT molecular complexity index is 1400. The molecule has 2 heterocycles. The van der Waals surface area contributed by atoms with E-state index in [0.29, 0.717) is 54.2 Å². The highest BCUT2D eigenvalue weighted by atomic mass is 16.5. The van der Waals surface area contributed by atoms with E-state index in [4.69, 9.17) is 9.47 Å². The van der Waals surface area contributed by atoms with E-state index in [0.717, 1.165) is 12.2 Å². The summed E-state index contributed by atoms with van der Waals surface area (Å²) in [6.07, 6.45) is 2.05. The molecule has 3 aromatic carbocycles. The smallest absolute Gasteiger partial charge is 0.265 e. The number of aryl methyl sites for hydroxylation is 1. The van der Waals surface area contributed by atoms with Crippen molar-refractivity contribution in [1.29, 1.82) is 0 Å². The van der Waals surface area contributed by atoms with E-state index in [2.05, 4.69) is 12.2 Å². The SMILES string of the molecule is CCc1ccc(OCCCN2C(=O)COc3ccc(NC(=O)CCCN4C(=O)c5ccccc5C4=O)cc32)cc1. The number of carbonyl (C=O) groups is 4. The van der Waals surface area contributed by atoms with Crippen molar-refractivity contribution in [1.82, 2.24) is 4.90 Å². The predicted octanol–water partition coefficient (Wildman–Crippen LogP) is 4.46. The minimum atomic E-state index is -0.333. The molecule has 0 spiro atoms. The lowest BCUT2D eigenvalue weighted by atomic mass is 10.1. The fourth-order valence-corrected chi connectivity index (χ4v) is 4.82. The van der Waals surface area contributed by atoms with E-state index in [1.54, 1.807) is 47.4 Å². The molecule has 9 nitrogen and oxygen atoms in total. The third-order valence-corrected chi connectivity index (χ3v) is 6.98. The number of anilines is 2. The van der Waals surface area contributed by atoms with E-state index in [9.17, 15) is 19.2 Å². The molecule has 0 saturated heterocycles. The molecule has 0 atom stereocenters. The molecular formula is C31H31N3O6. The molecule has 2 aliphatic heterocycles. The zero-order valence-corrected chi connectivity index (χ0v) is 22.4. The summed E-state index contributed by atoms with van der Waals surface area (Å²) in [6, 6.07) is 19.9. The van der Waals surface area contributed by atoms with Crippen LogP contribution in [0.2, 0.25) is 0 Å². The fraction of sp³-hybridized carbons (Fsp3) is 0.290. The van der Waals surface area contributed by atoms with Gasteiger partial charge in [0.1, 0.15) is 11.5 Å². The van der Waals surface area contributed by atoms with E-state index < -0.39 is 0 Å². The number of carbonyl (C=O) groups excluding carboxylic acids is 4. The molecule has 0 aliphatic carbocycles. The van der Waals surface area contributed by atoms with Crippen molar-refractivity contribution >= 4 is 35.0 Å². The summed E-state index contributed by atoms with van der Waals surface area (Å²) in [6.45, 7) is 3.11. The topological polar surface area (TPSA) is 105 Å². The lowest BCUT2D eigenvalue weighted by Crippen LogP contribution is -2.39. The first-order valence-corrected chi connectivity index (χ1v) is 13.5. The number of ether oxygens (including phenoxy) is 2. The Balaban J connectivity index is 1.13. The molecule has 1 N–H and O–H groups in total. The van der Waals surface area contributed by atoms with Crippen molar-refractivity contribution in [3.05, 3.63) is 83.4 Å². The van der Waals surface area contributed by atoms with Crippen LogP contribution in [0.25, 0.3) is 0 Å². The van der Waals surface area contributed by atoms with Crippen molar-refractivity contribution in [3.63, 3.8) is 0 Å². The average Bonchev–Trinajstić information content (AvgIpc) is 3.21. The summed E-state index contributed by atoms with van der Waals surface area (Å²) in [5, 5.41) is 2.84. The molecule has 0 saturated carbocycles. The number of nitrogens with zero attached hydrogens (tertiary/aromatic N) is 2. The standard InChI is InChI=1S/C31H31N3O6/c1-2-21-10-13-23(14-11-21)39-18-6-17-33-26-19-22(12-15-27(26)40-20-29(33)36)32-28(35)9-5-16-34-30(37)24-7-3-4-8-25(24)31(34)38/h3-4,7-8,10-15,19H,2,5-6,9,16-18,20H2,1H3,(H,32,35). The molecule has 0 radical (unpaired) electrons. The number of fused-ring (bicyclic) bond motifs is 2. The Morgan fingerprint density at radius 1 is 0.900 bits per heavy atom. The minimum absolute atomic E-state index is 0.0458. The van der Waals surface area contributed by atoms with Gasteiger partial charge in [0.15, 0.2) is 6.61 Å². The van der Waals surface area contributed by atoms with Gasteiger partial charge >= 0.3 is 0 Å². The van der Waals surface area contributed by atoms with Crippen LogP contribution in [0.4, 0.5) is 11.4 Å². The van der Waals surface area contributed by atoms with Crippen LogP contribution in [0.3, 0.4) is 0 Å². The first kappa shape index (κ1) is 26.9. The summed E-state index contributed by atoms with van der Waals surface area (Å²) in [7, 11) is 0. The van der Waals surface area contributed by atoms with Gasteiger partial charge in [-0.25, -0.2) is 0 Å². The van der Waals surface area contributed by atoms with Crippen molar-refractivity contribution in [3.8, 4) is 11.5 Å². The van der Waals surface area contributed by atoms with Crippen LogP contribution in [0.15, 0.2) is 66.7 Å². The Morgan fingerprint density at radius 3 is 2.30 bits per heavy atom. The average molecular weight is 542 g/mol. The normalized spacial score (nSPS) is 14.1. The fourth-order valence-electron chi connectivity index (χ4n) is 4.82. The number of nitrogens with one attached hydrogen (secondary N) is 1. The van der Waals surface area contributed by atoms with Crippen LogP contribution < -0.4 is 19.7 Å². The van der Waals surface area contributed by atoms with Crippen LogP contribution in [0.5, 0.6) is 11.5 Å². The second-order valence-electron chi connectivity index (χ2n) is 9.68. The molecule has 206 valence electrons. The molecular weight excluding hydrogens is 510 g/mol. The maximum Gasteiger partial charge on any atom is 0.265 e. The van der Waals surface area contributed by atoms with Gasteiger partial charge in [0.2, 0.25) is 5.91 Å². The maximum absolute atomic E-state index is 12.6. The largest absolute Gasteiger partial charge is 0.494 e. The number of hydrogen-bond acceptors (Lipinski definition) is 6. The highest BCUT2D eigenvalue weighted by Crippen LogP contribution is 2.35. The number of amides is 4. The Kier molecular flexibility index (Phi) is 8.10. The van der Waals surface area contributed by atoms with Crippen molar-refractivity contribution in [2.24, 2.45) is 0 Å². The van der Waals surface area contributed by atoms with E-state index in [1.807, 2.05) is 24.3 Å². The van der Waals surface area contributed by atoms with Crippen LogP contribution in [0.1, 0.15) is 52.5 Å². The van der Waals surface area contributed by atoms with Gasteiger partial charge < -0.3 is 19.7 Å². The summed E-state index contributed by atoms with van der Waals surface area (Å²) >= 11 is 0. The van der Waals surface area contributed by atoms with Crippen molar-refractivity contribution in [2.45, 2.75) is 32.6 Å². The second kappa shape index (κ2) is 12.0. The zero-order chi connectivity index (χ0) is 28.1. The molecule has 0 fully saturated rings. The van der Waals surface area contributed by atoms with Crippen LogP contribution in [-0.4, -0.2) is 54.8 Å². The van der Waals surface area contributed by atoms with Gasteiger partial charge in [-0.1, -0.05) is 31.2 Å². The minimum Gasteiger partial charge on any atom is -0.494 e. The van der Waals surface area contributed by atoms with Crippen LogP contribution in [0, 0.1) is 0 Å². The highest BCUT2D eigenvalue weighted by Gasteiger charge is 2.34.